The van der Waals surface area contributed by atoms with Crippen LogP contribution in [-0.2, 0) is 32.7 Å². The van der Waals surface area contributed by atoms with Crippen molar-refractivity contribution in [3.63, 3.8) is 0 Å². The van der Waals surface area contributed by atoms with Crippen LogP contribution in [0.1, 0.15) is 115 Å². The van der Waals surface area contributed by atoms with Crippen molar-refractivity contribution in [1.82, 2.24) is 20.2 Å². The van der Waals surface area contributed by atoms with Gasteiger partial charge in [0.25, 0.3) is 7.82 Å². The van der Waals surface area contributed by atoms with E-state index in [1.165, 1.54) is 32.4 Å². The molecule has 3 rings (SSSR count). The van der Waals surface area contributed by atoms with E-state index in [0.717, 1.165) is 10.8 Å². The number of nitrogens with zero attached hydrogens (tertiary/aromatic N) is 2. The van der Waals surface area contributed by atoms with Gasteiger partial charge in [-0.1, -0.05) is 102 Å². The van der Waals surface area contributed by atoms with Crippen molar-refractivity contribution in [3.05, 3.63) is 22.7 Å². The summed E-state index contributed by atoms with van der Waals surface area (Å²) >= 11 is 0. The molecule has 0 saturated carbocycles. The Labute approximate surface area is 400 Å². The molecular formula is C36H74N5Na2O16P. The van der Waals surface area contributed by atoms with Gasteiger partial charge in [-0.2, -0.15) is 4.98 Å². The fourth-order valence-electron chi connectivity index (χ4n) is 4.46. The fraction of sp³-hybridized carbons (Fsp3) is 0.833. The number of anilines is 1. The van der Waals surface area contributed by atoms with Crippen LogP contribution in [0.15, 0.2) is 17.1 Å². The summed E-state index contributed by atoms with van der Waals surface area (Å²) in [7, 11) is -4.42. The van der Waals surface area contributed by atoms with Crippen molar-refractivity contribution in [2.45, 2.75) is 170 Å². The van der Waals surface area contributed by atoms with Crippen molar-refractivity contribution in [2.75, 3.05) is 32.5 Å². The predicted octanol–water partition coefficient (Wildman–Crippen LogP) is -6.70. The SMILES string of the molecule is CC.CC.CC.CCC.CCC.CCC.CNCC(=O)NC1C(O)CC(OP(=O)([O-])OCC2OC(n3ccc(N)nc3=O)C(O)C2O)(C(=O)[O-])OC1[C@H](O)[C@H](O)CO.[Na+].[Na+]. The van der Waals surface area contributed by atoms with Crippen LogP contribution in [0.5, 0.6) is 0 Å². The van der Waals surface area contributed by atoms with Gasteiger partial charge in [0.2, 0.25) is 11.7 Å². The Hall–Kier alpha value is -0.630. The summed E-state index contributed by atoms with van der Waals surface area (Å²) < 4.78 is 33.3. The number of hydrogen-bond donors (Lipinski definition) is 9. The van der Waals surface area contributed by atoms with Gasteiger partial charge in [0.05, 0.1) is 31.9 Å². The number of aliphatic hydroxyl groups is 6. The average molecular weight is 910 g/mol. The van der Waals surface area contributed by atoms with Gasteiger partial charge < -0.3 is 75.8 Å². The number of ether oxygens (including phenoxy) is 2. The number of nitrogens with two attached hydrogens (primary N) is 1. The van der Waals surface area contributed by atoms with Crippen molar-refractivity contribution in [2.24, 2.45) is 0 Å². The molecule has 0 aromatic carbocycles. The van der Waals surface area contributed by atoms with Gasteiger partial charge in [0.1, 0.15) is 48.4 Å². The number of phosphoric ester groups is 1. The molecule has 11 atom stereocenters. The third-order valence-electron chi connectivity index (χ3n) is 6.59. The Morgan fingerprint density at radius 2 is 1.50 bits per heavy atom. The first-order valence-electron chi connectivity index (χ1n) is 19.8. The van der Waals surface area contributed by atoms with Gasteiger partial charge in [-0.3, -0.25) is 18.5 Å². The molecule has 60 heavy (non-hydrogen) atoms. The second kappa shape index (κ2) is 39.9. The summed E-state index contributed by atoms with van der Waals surface area (Å²) in [6.45, 7) is 22.2. The zero-order valence-corrected chi connectivity index (χ0v) is 43.4. The van der Waals surface area contributed by atoms with E-state index in [1.807, 2.05) is 41.5 Å². The number of hydrogen-bond acceptors (Lipinski definition) is 19. The molecule has 2 aliphatic heterocycles. The Morgan fingerprint density at radius 3 is 1.92 bits per heavy atom. The van der Waals surface area contributed by atoms with E-state index in [4.69, 9.17) is 15.2 Å². The van der Waals surface area contributed by atoms with E-state index in [1.54, 1.807) is 0 Å². The van der Waals surface area contributed by atoms with Crippen LogP contribution >= 0.6 is 7.82 Å². The van der Waals surface area contributed by atoms with Gasteiger partial charge in [-0.15, -0.1) is 0 Å². The average Bonchev–Trinajstić information content (AvgIpc) is 3.46. The molecule has 0 spiro atoms. The van der Waals surface area contributed by atoms with E-state index >= 15 is 0 Å². The zero-order valence-electron chi connectivity index (χ0n) is 38.5. The van der Waals surface area contributed by atoms with E-state index in [2.05, 4.69) is 66.2 Å². The summed E-state index contributed by atoms with van der Waals surface area (Å²) in [6.07, 6.45) is -11.5. The van der Waals surface area contributed by atoms with Gasteiger partial charge in [-0.05, 0) is 13.1 Å². The Bertz CT molecular complexity index is 1320. The second-order valence-electron chi connectivity index (χ2n) is 11.8. The minimum atomic E-state index is -5.83. The van der Waals surface area contributed by atoms with E-state index in [-0.39, 0.29) is 71.5 Å². The van der Waals surface area contributed by atoms with Gasteiger partial charge in [-0.25, -0.2) is 4.79 Å². The van der Waals surface area contributed by atoms with Gasteiger partial charge >= 0.3 is 64.8 Å². The van der Waals surface area contributed by atoms with Crippen LogP contribution < -0.4 is 91.2 Å². The fourth-order valence-corrected chi connectivity index (χ4v) is 5.40. The molecule has 3 heterocycles. The minimum Gasteiger partial charge on any atom is -0.756 e. The summed E-state index contributed by atoms with van der Waals surface area (Å²) in [5.74, 6) is -6.72. The topological polar surface area (TPSA) is 341 Å². The molecule has 21 nitrogen and oxygen atoms in total. The number of carbonyl (C=O) groups is 2. The second-order valence-corrected chi connectivity index (χ2v) is 13.1. The monoisotopic (exact) mass is 909 g/mol. The molecule has 2 saturated heterocycles. The van der Waals surface area contributed by atoms with Gasteiger partial charge in [0, 0.05) is 12.6 Å². The largest absolute Gasteiger partial charge is 1.00 e. The Balaban J connectivity index is -0.000000379. The maximum Gasteiger partial charge on any atom is 1.00 e. The number of aromatic nitrogens is 2. The molecule has 9 unspecified atom stereocenters. The number of nitrogen functional groups attached to an aromatic ring is 1. The van der Waals surface area contributed by atoms with E-state index in [0.29, 0.717) is 0 Å². The molecule has 0 aliphatic carbocycles. The van der Waals surface area contributed by atoms with Crippen LogP contribution in [-0.4, -0.2) is 133 Å². The maximum absolute atomic E-state index is 12.7. The molecule has 346 valence electrons. The third-order valence-corrected chi connectivity index (χ3v) is 7.57. The molecule has 1 amide bonds. The number of likely N-dealkylation sites (N-methyl/N-ethyl adjacent to an activating group) is 1. The van der Waals surface area contributed by atoms with Crippen LogP contribution in [0.25, 0.3) is 0 Å². The number of carbonyl (C=O) groups excluding carboxylic acids is 2. The zero-order chi connectivity index (χ0) is 46.4. The molecule has 1 aromatic heterocycles. The number of aliphatic carboxylic acids is 1. The summed E-state index contributed by atoms with van der Waals surface area (Å²) in [6, 6.07) is -0.460. The first kappa shape index (κ1) is 71.0. The molecular weight excluding hydrogens is 835 g/mol. The number of carboxylic acid groups (broad SMARTS) is 1. The molecule has 2 aliphatic rings. The normalized spacial score (nSPS) is 25.4. The number of carboxylic acids is 1. The quantitative estimate of drug-likeness (QED) is 0.0656. The van der Waals surface area contributed by atoms with E-state index < -0.39 is 106 Å². The number of phosphoric acid groups is 1. The standard InChI is InChI=1S/C21H34N5O16P.3C3H8.3C2H6.2Na/c1-23-5-12(30)25-13-8(28)4-21(19(34)35,41-17(13)14(31)9(29)6-27)42-43(37,38)39-7-10-15(32)16(33)18(40-10)26-3-2-11(22)24-20(26)36;3*1-3-2;3*1-2;;/h2-3,8-10,13-18,23,27-29,31-33H,4-7H2,1H3,(H,25,30)(H,34,35)(H,37,38)(H2,22,24,36);3*3H2,1-2H3;3*1-2H3;;/q;;;;;;;2*+1/p-2/t8?,9-,10?,13?,14-,15?,16?,17?,18?,21?;;;;;;;;/m1......../s1. The molecule has 1 aromatic rings. The summed E-state index contributed by atoms with van der Waals surface area (Å²) in [5.41, 5.74) is 4.44. The first-order valence-corrected chi connectivity index (χ1v) is 21.3. The molecule has 10 N–H and O–H groups in total. The smallest absolute Gasteiger partial charge is 0.756 e. The van der Waals surface area contributed by atoms with Crippen molar-refractivity contribution in [1.29, 1.82) is 0 Å². The molecule has 2 fully saturated rings. The van der Waals surface area contributed by atoms with Crippen molar-refractivity contribution < 1.29 is 132 Å². The Morgan fingerprint density at radius 1 is 1.02 bits per heavy atom. The summed E-state index contributed by atoms with van der Waals surface area (Å²) in [4.78, 5) is 52.5. The number of aliphatic hydroxyl groups excluding tert-OH is 6. The number of rotatable bonds is 13. The van der Waals surface area contributed by atoms with Crippen LogP contribution in [0.4, 0.5) is 5.82 Å². The van der Waals surface area contributed by atoms with Crippen LogP contribution in [0.3, 0.4) is 0 Å². The first-order chi connectivity index (χ1) is 27.3. The summed E-state index contributed by atoms with van der Waals surface area (Å²) in [5, 5.41) is 77.8. The van der Waals surface area contributed by atoms with Crippen LogP contribution in [0.2, 0.25) is 0 Å². The molecule has 0 bridgehead atoms. The predicted molar refractivity (Wildman–Crippen MR) is 214 cm³/mol. The van der Waals surface area contributed by atoms with Gasteiger partial charge in [0.15, 0.2) is 6.23 Å². The Kier molecular flexibility index (Phi) is 47.3. The van der Waals surface area contributed by atoms with Crippen LogP contribution in [0, 0.1) is 0 Å². The third kappa shape index (κ3) is 25.0. The van der Waals surface area contributed by atoms with Crippen molar-refractivity contribution in [3.8, 4) is 0 Å². The van der Waals surface area contributed by atoms with E-state index in [9.17, 15) is 59.6 Å². The maximum atomic E-state index is 12.7. The number of amides is 1. The minimum absolute atomic E-state index is 0. The van der Waals surface area contributed by atoms with Crippen molar-refractivity contribution >= 4 is 25.5 Å². The number of nitrogens with one attached hydrogen (secondary N) is 2. The molecule has 0 radical (unpaired) electrons. The molecule has 24 heteroatoms.